The number of hydrogen-bond donors (Lipinski definition) is 1. The Bertz CT molecular complexity index is 334. The second-order valence-electron chi connectivity index (χ2n) is 2.75. The quantitative estimate of drug-likeness (QED) is 0.642. The highest BCUT2D eigenvalue weighted by Gasteiger charge is 2.08. The summed E-state index contributed by atoms with van der Waals surface area (Å²) in [6.45, 7) is 4.00. The average Bonchev–Trinajstić information content (AvgIpc) is 2.20. The Morgan fingerprint density at radius 3 is 2.71 bits per heavy atom. The van der Waals surface area contributed by atoms with E-state index < -0.39 is 0 Å². The fourth-order valence-corrected chi connectivity index (χ4v) is 1.14. The molecule has 0 spiro atoms. The normalized spacial score (nSPS) is 12.4. The van der Waals surface area contributed by atoms with Gasteiger partial charge >= 0.3 is 0 Å². The Kier molecular flexibility index (Phi) is 3.40. The molecule has 0 amide bonds. The van der Waals surface area contributed by atoms with Crippen molar-refractivity contribution < 1.29 is 4.84 Å². The number of hydroxylamine groups is 2. The summed E-state index contributed by atoms with van der Waals surface area (Å²) in [5.74, 6) is 0.806. The summed E-state index contributed by atoms with van der Waals surface area (Å²) in [6.07, 6.45) is 3.84. The summed E-state index contributed by atoms with van der Waals surface area (Å²) in [4.78, 5) is 5.38. The van der Waals surface area contributed by atoms with Crippen molar-refractivity contribution in [2.45, 2.75) is 13.8 Å². The minimum atomic E-state index is 0.720. The molecule has 0 atom stereocenters. The monoisotopic (exact) mass is 192 g/mol. The molecular formula is C11H16N2O. The van der Waals surface area contributed by atoms with Crippen LogP contribution in [0.5, 0.6) is 5.75 Å². The third-order valence-electron chi connectivity index (χ3n) is 1.74. The molecule has 2 rings (SSSR count). The summed E-state index contributed by atoms with van der Waals surface area (Å²) in [5, 5.41) is 1.64. The van der Waals surface area contributed by atoms with Gasteiger partial charge in [-0.25, -0.2) is 5.06 Å². The molecule has 1 aliphatic rings. The van der Waals surface area contributed by atoms with Crippen LogP contribution in [-0.4, -0.2) is 12.1 Å². The van der Waals surface area contributed by atoms with Gasteiger partial charge in [-0.05, 0) is 18.2 Å². The number of nitrogens with zero attached hydrogens (tertiary/aromatic N) is 1. The van der Waals surface area contributed by atoms with E-state index >= 15 is 0 Å². The second-order valence-corrected chi connectivity index (χ2v) is 2.75. The van der Waals surface area contributed by atoms with E-state index in [-0.39, 0.29) is 0 Å². The number of hydrogen-bond acceptors (Lipinski definition) is 3. The number of nitrogens with two attached hydrogens (primary N) is 1. The van der Waals surface area contributed by atoms with Gasteiger partial charge in [0.1, 0.15) is 0 Å². The van der Waals surface area contributed by atoms with Crippen LogP contribution in [0.15, 0.2) is 24.4 Å². The summed E-state index contributed by atoms with van der Waals surface area (Å²) >= 11 is 0. The Labute approximate surface area is 84.7 Å². The van der Waals surface area contributed by atoms with Crippen molar-refractivity contribution in [3.63, 3.8) is 0 Å². The topological polar surface area (TPSA) is 38.5 Å². The lowest BCUT2D eigenvalue weighted by molar-refractivity contribution is 0.0189. The number of nitrogen functional groups attached to an aromatic ring is 1. The van der Waals surface area contributed by atoms with E-state index in [2.05, 4.69) is 0 Å². The zero-order valence-corrected chi connectivity index (χ0v) is 8.82. The third kappa shape index (κ3) is 2.19. The van der Waals surface area contributed by atoms with Crippen LogP contribution < -0.4 is 10.6 Å². The fourth-order valence-electron chi connectivity index (χ4n) is 1.14. The zero-order chi connectivity index (χ0) is 10.6. The third-order valence-corrected chi connectivity index (χ3v) is 1.74. The van der Waals surface area contributed by atoms with Crippen LogP contribution in [0, 0.1) is 0 Å². The molecule has 0 saturated carbocycles. The van der Waals surface area contributed by atoms with Gasteiger partial charge in [0.15, 0.2) is 5.75 Å². The van der Waals surface area contributed by atoms with Crippen LogP contribution >= 0.6 is 0 Å². The van der Waals surface area contributed by atoms with E-state index in [0.29, 0.717) is 0 Å². The maximum atomic E-state index is 5.60. The van der Waals surface area contributed by atoms with Crippen molar-refractivity contribution in [2.24, 2.45) is 0 Å². The van der Waals surface area contributed by atoms with E-state index in [1.165, 1.54) is 0 Å². The molecule has 0 bridgehead atoms. The predicted octanol–water partition coefficient (Wildman–Crippen LogP) is 2.50. The average molecular weight is 192 g/mol. The number of anilines is 1. The molecule has 0 saturated heterocycles. The zero-order valence-electron chi connectivity index (χ0n) is 8.82. The summed E-state index contributed by atoms with van der Waals surface area (Å²) in [5.41, 5.74) is 7.38. The highest BCUT2D eigenvalue weighted by Crippen LogP contribution is 2.26. The molecule has 0 unspecified atom stereocenters. The van der Waals surface area contributed by atoms with Crippen LogP contribution in [-0.2, 0) is 0 Å². The summed E-state index contributed by atoms with van der Waals surface area (Å²) in [6, 6.07) is 5.61. The first-order chi connectivity index (χ1) is 6.75. The molecule has 0 fully saturated rings. The van der Waals surface area contributed by atoms with Gasteiger partial charge in [0, 0.05) is 30.6 Å². The molecule has 0 aromatic heterocycles. The van der Waals surface area contributed by atoms with Crippen molar-refractivity contribution in [3.8, 4) is 5.75 Å². The first kappa shape index (κ1) is 10.4. The predicted molar refractivity (Wildman–Crippen MR) is 59.6 cm³/mol. The van der Waals surface area contributed by atoms with E-state index in [1.807, 2.05) is 51.4 Å². The highest BCUT2D eigenvalue weighted by molar-refractivity contribution is 5.62. The molecule has 1 aromatic rings. The van der Waals surface area contributed by atoms with Crippen molar-refractivity contribution in [2.75, 3.05) is 12.8 Å². The Balaban J connectivity index is 0.000000461. The number of fused-ring (bicyclic) bond motifs is 1. The van der Waals surface area contributed by atoms with Gasteiger partial charge in [0.2, 0.25) is 0 Å². The van der Waals surface area contributed by atoms with Gasteiger partial charge in [-0.2, -0.15) is 0 Å². The van der Waals surface area contributed by atoms with Crippen LogP contribution in [0.4, 0.5) is 5.69 Å². The smallest absolute Gasteiger partial charge is 0.164 e. The van der Waals surface area contributed by atoms with Crippen molar-refractivity contribution in [3.05, 3.63) is 30.0 Å². The minimum absolute atomic E-state index is 0.720. The molecule has 1 aromatic carbocycles. The first-order valence-electron chi connectivity index (χ1n) is 4.74. The van der Waals surface area contributed by atoms with E-state index in [4.69, 9.17) is 10.6 Å². The van der Waals surface area contributed by atoms with Crippen LogP contribution in [0.25, 0.3) is 6.08 Å². The Hall–Kier alpha value is -1.64. The first-order valence-corrected chi connectivity index (χ1v) is 4.74. The number of benzene rings is 1. The second kappa shape index (κ2) is 4.56. The number of rotatable bonds is 0. The molecule has 76 valence electrons. The molecule has 2 N–H and O–H groups in total. The van der Waals surface area contributed by atoms with Gasteiger partial charge in [-0.15, -0.1) is 0 Å². The lowest BCUT2D eigenvalue weighted by atomic mass is 10.1. The molecule has 1 heterocycles. The maximum Gasteiger partial charge on any atom is 0.164 e. The standard InChI is InChI=1S/C9H10N2O.C2H6/c1-11-5-4-7-2-3-8(10)6-9(7)12-11;1-2/h2-6H,10H2,1H3;1-2H3. The SMILES string of the molecule is CC.CN1C=Cc2ccc(N)cc2O1. The van der Waals surface area contributed by atoms with Gasteiger partial charge in [-0.3, -0.25) is 0 Å². The maximum absolute atomic E-state index is 5.60. The van der Waals surface area contributed by atoms with Crippen molar-refractivity contribution in [1.29, 1.82) is 0 Å². The highest BCUT2D eigenvalue weighted by atomic mass is 16.7. The van der Waals surface area contributed by atoms with Crippen LogP contribution in [0.3, 0.4) is 0 Å². The Morgan fingerprint density at radius 1 is 1.29 bits per heavy atom. The van der Waals surface area contributed by atoms with Gasteiger partial charge < -0.3 is 10.6 Å². The van der Waals surface area contributed by atoms with Crippen molar-refractivity contribution in [1.82, 2.24) is 5.06 Å². The fraction of sp³-hybridized carbons (Fsp3) is 0.273. The molecule has 1 aliphatic heterocycles. The lowest BCUT2D eigenvalue weighted by Crippen LogP contribution is -2.18. The van der Waals surface area contributed by atoms with Gasteiger partial charge in [0.05, 0.1) is 0 Å². The van der Waals surface area contributed by atoms with E-state index in [1.54, 1.807) is 5.06 Å². The summed E-state index contributed by atoms with van der Waals surface area (Å²) < 4.78 is 0. The van der Waals surface area contributed by atoms with Crippen molar-refractivity contribution >= 4 is 11.8 Å². The summed E-state index contributed by atoms with van der Waals surface area (Å²) in [7, 11) is 1.84. The van der Waals surface area contributed by atoms with Crippen LogP contribution in [0.2, 0.25) is 0 Å². The largest absolute Gasteiger partial charge is 0.399 e. The molecular weight excluding hydrogens is 176 g/mol. The van der Waals surface area contributed by atoms with Gasteiger partial charge in [-0.1, -0.05) is 13.8 Å². The van der Waals surface area contributed by atoms with Gasteiger partial charge in [0.25, 0.3) is 0 Å². The van der Waals surface area contributed by atoms with E-state index in [9.17, 15) is 0 Å². The molecule has 0 aliphatic carbocycles. The lowest BCUT2D eigenvalue weighted by Gasteiger charge is -2.20. The molecule has 14 heavy (non-hydrogen) atoms. The van der Waals surface area contributed by atoms with E-state index in [0.717, 1.165) is 17.0 Å². The molecule has 3 nitrogen and oxygen atoms in total. The van der Waals surface area contributed by atoms with Crippen LogP contribution in [0.1, 0.15) is 19.4 Å². The molecule has 0 radical (unpaired) electrons. The Morgan fingerprint density at radius 2 is 2.00 bits per heavy atom. The minimum Gasteiger partial charge on any atom is -0.399 e. The molecule has 3 heteroatoms.